The number of halogens is 6. The minimum atomic E-state index is -0.919. The van der Waals surface area contributed by atoms with Gasteiger partial charge in [-0.1, -0.05) is 91.3 Å². The summed E-state index contributed by atoms with van der Waals surface area (Å²) >= 11 is 12.1. The van der Waals surface area contributed by atoms with Gasteiger partial charge in [0.15, 0.2) is 0 Å². The number of allylic oxidation sites excluding steroid dienone is 2. The first-order valence-corrected chi connectivity index (χ1v) is 31.5. The third-order valence-corrected chi connectivity index (χ3v) is 13.6. The van der Waals surface area contributed by atoms with E-state index in [0.29, 0.717) is 46.2 Å². The molecule has 4 aliphatic carbocycles. The average Bonchev–Trinajstić information content (AvgIpc) is 4.01. The zero-order valence-electron chi connectivity index (χ0n) is 39.0. The Hall–Kier alpha value is -5.92. The number of nitrogen functional groups attached to an aromatic ring is 1. The van der Waals surface area contributed by atoms with E-state index in [1.165, 1.54) is 23.3 Å². The summed E-state index contributed by atoms with van der Waals surface area (Å²) in [6.07, 6.45) is 15.6. The van der Waals surface area contributed by atoms with Crippen LogP contribution in [0.4, 0.5) is 32.1 Å². The van der Waals surface area contributed by atoms with Gasteiger partial charge in [0.2, 0.25) is 11.9 Å². The van der Waals surface area contributed by atoms with Crippen LogP contribution in [0.5, 0.6) is 0 Å². The molecule has 21 heteroatoms. The summed E-state index contributed by atoms with van der Waals surface area (Å²) in [5, 5.41) is 24.4. The van der Waals surface area contributed by atoms with E-state index in [-0.39, 0.29) is 48.4 Å². The maximum atomic E-state index is 14.3. The molecule has 4 aromatic carbocycles. The van der Waals surface area contributed by atoms with Gasteiger partial charge in [-0.05, 0) is 111 Å². The number of aromatic nitrogens is 4. The fraction of sp³-hybridized carbons (Fsp3) is 0.283. The van der Waals surface area contributed by atoms with Crippen LogP contribution < -0.4 is 27.0 Å². The van der Waals surface area contributed by atoms with Gasteiger partial charge in [-0.3, -0.25) is 19.7 Å². The number of nitrogens with zero attached hydrogens (tertiary/aromatic N) is 5. The Bertz CT molecular complexity index is 3100. The van der Waals surface area contributed by atoms with Crippen LogP contribution in [0.2, 0.25) is 10.0 Å². The number of rotatable bonds is 11. The van der Waals surface area contributed by atoms with Crippen molar-refractivity contribution >= 4 is 106 Å². The molecule has 74 heavy (non-hydrogen) atoms. The van der Waals surface area contributed by atoms with Crippen molar-refractivity contribution in [2.75, 3.05) is 16.4 Å². The molecule has 6 N–H and O–H groups in total. The van der Waals surface area contributed by atoms with Crippen LogP contribution >= 0.6 is 41.0 Å². The van der Waals surface area contributed by atoms with Gasteiger partial charge in [0, 0.05) is 47.1 Å². The van der Waals surface area contributed by atoms with Gasteiger partial charge in [0.05, 0.1) is 55.9 Å². The molecular weight excluding hydrogens is 1140 g/mol. The second kappa shape index (κ2) is 26.0. The van der Waals surface area contributed by atoms with Gasteiger partial charge in [0.25, 0.3) is 17.5 Å². The van der Waals surface area contributed by atoms with Crippen LogP contribution in [0.3, 0.4) is 0 Å². The number of carbonyl (C=O) groups is 2. The van der Waals surface area contributed by atoms with E-state index < -0.39 is 52.9 Å². The molecule has 2 radical (unpaired) electrons. The van der Waals surface area contributed by atoms with Crippen LogP contribution in [0.15, 0.2) is 109 Å². The van der Waals surface area contributed by atoms with E-state index >= 15 is 0 Å². The molecule has 0 aliphatic heterocycles. The van der Waals surface area contributed by atoms with E-state index in [9.17, 15) is 28.5 Å². The van der Waals surface area contributed by atoms with Crippen molar-refractivity contribution in [3.8, 4) is 0 Å². The average molecular weight is 1190 g/mol. The summed E-state index contributed by atoms with van der Waals surface area (Å²) < 4.78 is 28.4. The van der Waals surface area contributed by atoms with E-state index in [2.05, 4.69) is 67.7 Å². The van der Waals surface area contributed by atoms with Gasteiger partial charge in [-0.2, -0.15) is 0 Å². The summed E-state index contributed by atoms with van der Waals surface area (Å²) in [4.78, 5) is 53.5. The Kier molecular flexibility index (Phi) is 19.6. The van der Waals surface area contributed by atoms with Crippen molar-refractivity contribution in [1.29, 1.82) is 0 Å². The Morgan fingerprint density at radius 1 is 0.662 bits per heavy atom. The van der Waals surface area contributed by atoms with Gasteiger partial charge < -0.3 is 27.0 Å². The maximum absolute atomic E-state index is 14.3. The Balaban J connectivity index is 0.000000203. The summed E-state index contributed by atoms with van der Waals surface area (Å²) in [6, 6.07) is 23.3. The molecule has 0 unspecified atom stereocenters. The normalized spacial score (nSPS) is 18.2. The van der Waals surface area contributed by atoms with Crippen LogP contribution in [-0.4, -0.2) is 79.7 Å². The molecule has 4 atom stereocenters. The fourth-order valence-corrected chi connectivity index (χ4v) is 9.96. The Morgan fingerprint density at radius 3 is 1.54 bits per heavy atom. The molecule has 2 fully saturated rings. The summed E-state index contributed by atoms with van der Waals surface area (Å²) in [7, 11) is 9.87. The van der Waals surface area contributed by atoms with E-state index in [4.69, 9.17) is 56.7 Å². The summed E-state index contributed by atoms with van der Waals surface area (Å²) in [5.74, 6) is -1.60. The number of benzene rings is 4. The molecular formula is C53H52Cl4F2N10O4Sn. The first kappa shape index (κ1) is 55.8. The molecule has 0 bridgehead atoms. The summed E-state index contributed by atoms with van der Waals surface area (Å²) in [6.45, 7) is 0. The molecule has 0 spiro atoms. The molecule has 0 saturated heterocycles. The molecule has 2 aromatic heterocycles. The zero-order chi connectivity index (χ0) is 51.6. The van der Waals surface area contributed by atoms with Crippen molar-refractivity contribution in [2.24, 2.45) is 0 Å². The number of carbonyl (C=O) groups excluding carboxylic acids is 2. The number of hydrogen-bond acceptors (Lipinski definition) is 11. The molecule has 2 saturated carbocycles. The number of nitro groups is 1. The quantitative estimate of drug-likeness (QED) is 0.0357. The molecule has 10 rings (SSSR count). The number of nitrogens with one attached hydrogen (secondary N) is 4. The van der Waals surface area contributed by atoms with Crippen molar-refractivity contribution in [1.82, 2.24) is 30.6 Å². The van der Waals surface area contributed by atoms with Crippen LogP contribution in [-0.2, 0) is 12.8 Å². The third-order valence-electron chi connectivity index (χ3n) is 13.0. The first-order chi connectivity index (χ1) is 35.3. The molecule has 14 nitrogen and oxygen atoms in total. The number of non-ortho nitro benzene ring substituents is 1. The number of nitrogens with two attached hydrogens (primary N) is 1. The topological polar surface area (TPSA) is 203 Å². The van der Waals surface area contributed by atoms with Crippen LogP contribution in [0.25, 0.3) is 11.1 Å². The first-order valence-electron chi connectivity index (χ1n) is 23.5. The number of hydrogen-bond donors (Lipinski definition) is 5. The molecule has 2 heterocycles. The minimum absolute atomic E-state index is 0. The molecule has 384 valence electrons. The van der Waals surface area contributed by atoms with Crippen LogP contribution in [0, 0.1) is 21.7 Å². The van der Waals surface area contributed by atoms with E-state index in [0.717, 1.165) is 97.9 Å². The molecule has 6 aromatic rings. The fourth-order valence-electron chi connectivity index (χ4n) is 9.58. The second-order valence-electron chi connectivity index (χ2n) is 17.8. The summed E-state index contributed by atoms with van der Waals surface area (Å²) in [5.41, 5.74) is 13.4. The van der Waals surface area contributed by atoms with Gasteiger partial charge in [-0.25, -0.2) is 28.7 Å². The predicted molar refractivity (Wildman–Crippen MR) is 291 cm³/mol. The molecule has 2 amide bonds. The number of anilines is 3. The predicted octanol–water partition coefficient (Wildman–Crippen LogP) is 11.9. The number of nitro benzene ring substituents is 1. The van der Waals surface area contributed by atoms with Gasteiger partial charge in [-0.15, -0.1) is 0 Å². The van der Waals surface area contributed by atoms with Crippen molar-refractivity contribution in [2.45, 2.75) is 95.8 Å². The van der Waals surface area contributed by atoms with Crippen molar-refractivity contribution in [3.63, 3.8) is 0 Å². The number of fused-ring (bicyclic) bond motifs is 2. The monoisotopic (exact) mass is 1190 g/mol. The van der Waals surface area contributed by atoms with E-state index in [1.807, 2.05) is 24.3 Å². The SMILES string of the molecule is C.Nc1ccc(C(=O)N[C@H]2CCC[C@@H](Nc3ncc(Cl)c(C4=CCc5ccccc54)n3)C2)c(F)c1.O=C(N[C@H]1CCC[C@@H](Nc2ncc(Cl)c(C3=CCc4ccccc43)n2)C1)c1ccc([N+](=O)[O-])cc1F.[Cl][Sn][Cl]. The van der Waals surface area contributed by atoms with Crippen molar-refractivity contribution < 1.29 is 23.3 Å². The van der Waals surface area contributed by atoms with E-state index in [1.54, 1.807) is 12.4 Å². The van der Waals surface area contributed by atoms with Gasteiger partial charge in [0.1, 0.15) is 11.6 Å². The Morgan fingerprint density at radius 2 is 1.09 bits per heavy atom. The molecule has 4 aliphatic rings. The zero-order valence-corrected chi connectivity index (χ0v) is 44.9. The number of amides is 2. The third kappa shape index (κ3) is 13.9. The van der Waals surface area contributed by atoms with Crippen molar-refractivity contribution in [3.05, 3.63) is 186 Å². The van der Waals surface area contributed by atoms with Crippen LogP contribution in [0.1, 0.15) is 113 Å². The standard InChI is InChI=1S/C26H23ClFN5O3.C26H25ClFN5O.CH4.2ClH.Sn/c27-22-14-29-26(32-24(22)20-10-8-15-4-1-2-7-19(15)20)31-17-6-3-5-16(12-17)30-25(34)21-11-9-18(33(35)36)13-23(21)28;27-22-14-30-26(33-24(22)20-10-8-15-4-1-2-7-19(15)20)32-18-6-3-5-17(13-18)31-25(34)21-11-9-16(29)12-23(21)28;;;;/h1-2,4,7,9-11,13-14,16-17H,3,5-6,8,12H2,(H,30,34)(H,29,31,32);1-2,4,7,9-12,14,17-18H,3,5-6,8,13,29H2,(H,31,34)(H,30,32,33);1H4;2*1H;/q;;;;;+2/p-2/t16-,17+;17-,18+;;;;/m00..../s1. The Labute approximate surface area is 455 Å². The second-order valence-corrected chi connectivity index (χ2v) is 22.9. The van der Waals surface area contributed by atoms with Gasteiger partial charge >= 0.3 is 36.7 Å².